The summed E-state index contributed by atoms with van der Waals surface area (Å²) in [5.74, 6) is 0.633. The number of rotatable bonds is 5. The monoisotopic (exact) mass is 385 g/mol. The zero-order chi connectivity index (χ0) is 20.4. The van der Waals surface area contributed by atoms with Gasteiger partial charge in [0.2, 0.25) is 5.91 Å². The molecular formula is C24H23N3O2. The second-order valence-corrected chi connectivity index (χ2v) is 7.11. The molecule has 4 rings (SSSR count). The van der Waals surface area contributed by atoms with Crippen molar-refractivity contribution in [1.29, 1.82) is 0 Å². The van der Waals surface area contributed by atoms with E-state index in [9.17, 15) is 4.79 Å². The van der Waals surface area contributed by atoms with Crippen LogP contribution in [-0.4, -0.2) is 22.4 Å². The van der Waals surface area contributed by atoms with Crippen LogP contribution in [0.15, 0.2) is 67.0 Å². The normalized spacial score (nSPS) is 10.9. The Balaban J connectivity index is 1.59. The minimum atomic E-state index is -0.0828. The number of para-hydroxylation sites is 1. The average molecular weight is 385 g/mol. The van der Waals surface area contributed by atoms with Crippen LogP contribution in [0, 0.1) is 13.8 Å². The summed E-state index contributed by atoms with van der Waals surface area (Å²) in [6, 6.07) is 17.6. The van der Waals surface area contributed by atoms with Gasteiger partial charge in [-0.05, 0) is 43.2 Å². The number of methoxy groups -OCH3 is 1. The molecule has 2 aromatic carbocycles. The molecule has 1 amide bonds. The number of nitrogens with one attached hydrogen (secondary N) is 1. The van der Waals surface area contributed by atoms with Gasteiger partial charge in [0.25, 0.3) is 0 Å². The summed E-state index contributed by atoms with van der Waals surface area (Å²) >= 11 is 0. The maximum atomic E-state index is 12.6. The third-order valence-corrected chi connectivity index (χ3v) is 5.03. The van der Waals surface area contributed by atoms with Gasteiger partial charge >= 0.3 is 0 Å². The van der Waals surface area contributed by atoms with Crippen LogP contribution in [0.4, 0.5) is 5.69 Å². The number of benzene rings is 2. The number of aromatic nitrogens is 2. The van der Waals surface area contributed by atoms with Gasteiger partial charge < -0.3 is 14.5 Å². The van der Waals surface area contributed by atoms with Gasteiger partial charge in [-0.3, -0.25) is 4.79 Å². The number of carbonyl (C=O) groups excluding carboxylic acids is 1. The zero-order valence-electron chi connectivity index (χ0n) is 16.8. The van der Waals surface area contributed by atoms with Crippen LogP contribution in [0.5, 0.6) is 5.75 Å². The Bertz CT molecular complexity index is 1190. The lowest BCUT2D eigenvalue weighted by atomic mass is 10.1. The molecule has 0 bridgehead atoms. The summed E-state index contributed by atoms with van der Waals surface area (Å²) in [7, 11) is 1.61. The molecule has 2 heterocycles. The molecule has 4 aromatic rings. The van der Waals surface area contributed by atoms with Crippen LogP contribution in [-0.2, 0) is 11.2 Å². The first-order chi connectivity index (χ1) is 14.0. The predicted molar refractivity (Wildman–Crippen MR) is 115 cm³/mol. The molecular weight excluding hydrogens is 362 g/mol. The number of hydrogen-bond acceptors (Lipinski definition) is 3. The van der Waals surface area contributed by atoms with Crippen molar-refractivity contribution in [2.24, 2.45) is 0 Å². The van der Waals surface area contributed by atoms with Crippen molar-refractivity contribution >= 4 is 17.2 Å². The number of carbonyl (C=O) groups is 1. The molecule has 0 saturated heterocycles. The van der Waals surface area contributed by atoms with Gasteiger partial charge in [0.05, 0.1) is 19.2 Å². The first kappa shape index (κ1) is 18.7. The van der Waals surface area contributed by atoms with Crippen LogP contribution in [0.1, 0.15) is 16.7 Å². The first-order valence-corrected chi connectivity index (χ1v) is 9.52. The Hall–Kier alpha value is -3.60. The van der Waals surface area contributed by atoms with E-state index in [1.54, 1.807) is 7.11 Å². The Morgan fingerprint density at radius 2 is 1.90 bits per heavy atom. The van der Waals surface area contributed by atoms with Crippen molar-refractivity contribution in [1.82, 2.24) is 9.38 Å². The summed E-state index contributed by atoms with van der Waals surface area (Å²) in [6.45, 7) is 4.03. The van der Waals surface area contributed by atoms with Gasteiger partial charge in [-0.15, -0.1) is 0 Å². The van der Waals surface area contributed by atoms with Gasteiger partial charge in [-0.1, -0.05) is 36.4 Å². The Labute approximate surface area is 170 Å². The highest BCUT2D eigenvalue weighted by atomic mass is 16.5. The molecule has 0 radical (unpaired) electrons. The third-order valence-electron chi connectivity index (χ3n) is 5.03. The average Bonchev–Trinajstić information content (AvgIpc) is 3.16. The molecule has 0 spiro atoms. The molecule has 0 fully saturated rings. The number of amides is 1. The van der Waals surface area contributed by atoms with Crippen LogP contribution in [0.2, 0.25) is 0 Å². The molecule has 1 N–H and O–H groups in total. The maximum absolute atomic E-state index is 12.6. The molecule has 2 aromatic heterocycles. The number of hydrogen-bond donors (Lipinski definition) is 1. The van der Waals surface area contributed by atoms with E-state index in [0.29, 0.717) is 5.75 Å². The topological polar surface area (TPSA) is 55.6 Å². The molecule has 0 unspecified atom stereocenters. The summed E-state index contributed by atoms with van der Waals surface area (Å²) in [6.07, 6.45) is 4.25. The second-order valence-electron chi connectivity index (χ2n) is 7.11. The van der Waals surface area contributed by atoms with Crippen molar-refractivity contribution < 1.29 is 9.53 Å². The van der Waals surface area contributed by atoms with Gasteiger partial charge in [0.1, 0.15) is 11.4 Å². The molecule has 0 saturated carbocycles. The van der Waals surface area contributed by atoms with E-state index >= 15 is 0 Å². The summed E-state index contributed by atoms with van der Waals surface area (Å²) in [5.41, 5.74) is 6.54. The van der Waals surface area contributed by atoms with E-state index in [4.69, 9.17) is 9.72 Å². The van der Waals surface area contributed by atoms with Crippen LogP contribution in [0.3, 0.4) is 0 Å². The largest absolute Gasteiger partial charge is 0.496 e. The molecule has 5 nitrogen and oxygen atoms in total. The smallest absolute Gasteiger partial charge is 0.228 e. The summed E-state index contributed by atoms with van der Waals surface area (Å²) in [5, 5.41) is 3.04. The molecule has 5 heteroatoms. The second kappa shape index (κ2) is 7.80. The standard InChI is InChI=1S/C24H23N3O2/c1-16-10-11-18(21-15-27-12-6-7-17(2)24(27)26-21)13-20(16)25-23(28)14-19-8-4-5-9-22(19)29-3/h4-13,15H,14H2,1-3H3,(H,25,28). The SMILES string of the molecule is COc1ccccc1CC(=O)Nc1cc(-c2cn3cccc(C)c3n2)ccc1C. The highest BCUT2D eigenvalue weighted by molar-refractivity contribution is 5.94. The van der Waals surface area contributed by atoms with Crippen LogP contribution in [0.25, 0.3) is 16.9 Å². The van der Waals surface area contributed by atoms with E-state index in [2.05, 4.69) is 5.32 Å². The van der Waals surface area contributed by atoms with E-state index in [1.165, 1.54) is 0 Å². The minimum absolute atomic E-state index is 0.0828. The lowest BCUT2D eigenvalue weighted by molar-refractivity contribution is -0.115. The summed E-state index contributed by atoms with van der Waals surface area (Å²) < 4.78 is 7.36. The van der Waals surface area contributed by atoms with Crippen LogP contribution >= 0.6 is 0 Å². The third kappa shape index (κ3) is 3.85. The highest BCUT2D eigenvalue weighted by Crippen LogP contribution is 2.26. The van der Waals surface area contributed by atoms with Gasteiger partial charge in [-0.25, -0.2) is 4.98 Å². The number of anilines is 1. The van der Waals surface area contributed by atoms with E-state index in [0.717, 1.165) is 39.3 Å². The Morgan fingerprint density at radius 1 is 1.07 bits per heavy atom. The molecule has 146 valence electrons. The number of nitrogens with zero attached hydrogens (tertiary/aromatic N) is 2. The Kier molecular flexibility index (Phi) is 5.04. The van der Waals surface area contributed by atoms with Gasteiger partial charge in [-0.2, -0.15) is 0 Å². The van der Waals surface area contributed by atoms with Crippen molar-refractivity contribution in [3.05, 3.63) is 83.7 Å². The van der Waals surface area contributed by atoms with Crippen LogP contribution < -0.4 is 10.1 Å². The quantitative estimate of drug-likeness (QED) is 0.536. The molecule has 0 aliphatic carbocycles. The van der Waals surface area contributed by atoms with E-state index < -0.39 is 0 Å². The minimum Gasteiger partial charge on any atom is -0.496 e. The summed E-state index contributed by atoms with van der Waals surface area (Å²) in [4.78, 5) is 17.4. The lowest BCUT2D eigenvalue weighted by Gasteiger charge is -2.11. The van der Waals surface area contributed by atoms with Crippen molar-refractivity contribution in [3.8, 4) is 17.0 Å². The highest BCUT2D eigenvalue weighted by Gasteiger charge is 2.12. The molecule has 0 aliphatic rings. The predicted octanol–water partition coefficient (Wildman–Crippen LogP) is 4.81. The first-order valence-electron chi connectivity index (χ1n) is 9.52. The Morgan fingerprint density at radius 3 is 2.69 bits per heavy atom. The van der Waals surface area contributed by atoms with Crippen molar-refractivity contribution in [2.45, 2.75) is 20.3 Å². The van der Waals surface area contributed by atoms with Gasteiger partial charge in [0, 0.05) is 29.2 Å². The molecule has 0 aliphatic heterocycles. The van der Waals surface area contributed by atoms with Crippen molar-refractivity contribution in [3.63, 3.8) is 0 Å². The van der Waals surface area contributed by atoms with Gasteiger partial charge in [0.15, 0.2) is 0 Å². The fourth-order valence-corrected chi connectivity index (χ4v) is 3.43. The lowest BCUT2D eigenvalue weighted by Crippen LogP contribution is -2.15. The number of pyridine rings is 1. The number of ether oxygens (including phenoxy) is 1. The van der Waals surface area contributed by atoms with E-state index in [-0.39, 0.29) is 12.3 Å². The number of imidazole rings is 1. The van der Waals surface area contributed by atoms with E-state index in [1.807, 2.05) is 85.2 Å². The maximum Gasteiger partial charge on any atom is 0.228 e. The number of fused-ring (bicyclic) bond motifs is 1. The van der Waals surface area contributed by atoms with Crippen molar-refractivity contribution in [2.75, 3.05) is 12.4 Å². The fraction of sp³-hybridized carbons (Fsp3) is 0.167. The molecule has 29 heavy (non-hydrogen) atoms. The fourth-order valence-electron chi connectivity index (χ4n) is 3.43. The molecule has 0 atom stereocenters. The zero-order valence-corrected chi connectivity index (χ0v) is 16.8. The number of aryl methyl sites for hydroxylation is 2.